The first-order valence-corrected chi connectivity index (χ1v) is 7.59. The molecule has 0 fully saturated rings. The first-order chi connectivity index (χ1) is 11.3. The van der Waals surface area contributed by atoms with Crippen LogP contribution >= 0.6 is 0 Å². The van der Waals surface area contributed by atoms with Crippen molar-refractivity contribution >= 4 is 11.6 Å². The largest absolute Gasteiger partial charge is 0.375 e. The van der Waals surface area contributed by atoms with Gasteiger partial charge in [0.05, 0.1) is 18.9 Å². The van der Waals surface area contributed by atoms with Gasteiger partial charge in [0, 0.05) is 12.7 Å². The van der Waals surface area contributed by atoms with Crippen LogP contribution in [-0.4, -0.2) is 28.4 Å². The molecular formula is C18H19N3O2. The number of ether oxygens (including phenoxy) is 1. The normalized spacial score (nSPS) is 10.8. The van der Waals surface area contributed by atoms with Crippen molar-refractivity contribution < 1.29 is 9.53 Å². The molecule has 3 rings (SSSR count). The van der Waals surface area contributed by atoms with E-state index in [9.17, 15) is 4.79 Å². The molecule has 118 valence electrons. The molecule has 2 aromatic heterocycles. The van der Waals surface area contributed by atoms with Crippen LogP contribution in [0.2, 0.25) is 0 Å². The average Bonchev–Trinajstić information content (AvgIpc) is 2.91. The lowest BCUT2D eigenvalue weighted by molar-refractivity contribution is 0.0895. The van der Waals surface area contributed by atoms with Crippen molar-refractivity contribution in [1.29, 1.82) is 0 Å². The Balaban J connectivity index is 1.52. The summed E-state index contributed by atoms with van der Waals surface area (Å²) in [4.78, 5) is 16.7. The Kier molecular flexibility index (Phi) is 4.68. The molecule has 0 radical (unpaired) electrons. The van der Waals surface area contributed by atoms with Gasteiger partial charge in [-0.05, 0) is 24.6 Å². The highest BCUT2D eigenvalue weighted by Gasteiger charge is 2.15. The zero-order chi connectivity index (χ0) is 16.1. The Hall–Kier alpha value is -2.66. The van der Waals surface area contributed by atoms with E-state index in [2.05, 4.69) is 10.3 Å². The topological polar surface area (TPSA) is 55.6 Å². The van der Waals surface area contributed by atoms with Crippen molar-refractivity contribution in [3.63, 3.8) is 0 Å². The van der Waals surface area contributed by atoms with Crippen molar-refractivity contribution in [1.82, 2.24) is 14.7 Å². The minimum Gasteiger partial charge on any atom is -0.375 e. The zero-order valence-corrected chi connectivity index (χ0v) is 13.0. The third kappa shape index (κ3) is 3.57. The summed E-state index contributed by atoms with van der Waals surface area (Å²) in [5.41, 5.74) is 3.19. The molecule has 0 aliphatic rings. The van der Waals surface area contributed by atoms with Gasteiger partial charge in [0.15, 0.2) is 0 Å². The quantitative estimate of drug-likeness (QED) is 0.712. The molecule has 0 saturated heterocycles. The minimum absolute atomic E-state index is 0.135. The van der Waals surface area contributed by atoms with E-state index in [1.807, 2.05) is 61.7 Å². The third-order valence-corrected chi connectivity index (χ3v) is 3.56. The van der Waals surface area contributed by atoms with Crippen LogP contribution in [0.1, 0.15) is 21.7 Å². The second kappa shape index (κ2) is 7.07. The highest BCUT2D eigenvalue weighted by molar-refractivity contribution is 5.94. The summed E-state index contributed by atoms with van der Waals surface area (Å²) in [6, 6.07) is 15.6. The summed E-state index contributed by atoms with van der Waals surface area (Å²) in [6.45, 7) is 3.32. The van der Waals surface area contributed by atoms with Gasteiger partial charge in [-0.2, -0.15) is 0 Å². The number of benzene rings is 1. The summed E-state index contributed by atoms with van der Waals surface area (Å²) < 4.78 is 7.37. The number of aryl methyl sites for hydroxylation is 1. The Bertz CT molecular complexity index is 796. The first-order valence-electron chi connectivity index (χ1n) is 7.59. The summed E-state index contributed by atoms with van der Waals surface area (Å²) in [6.07, 6.45) is 1.84. The number of nitrogens with zero attached hydrogens (tertiary/aromatic N) is 2. The van der Waals surface area contributed by atoms with Crippen LogP contribution in [0.25, 0.3) is 5.65 Å². The SMILES string of the molecule is Cc1nc2ccccn2c1C(=O)NCCOCc1ccccc1. The third-order valence-electron chi connectivity index (χ3n) is 3.56. The van der Waals surface area contributed by atoms with Crippen molar-refractivity contribution in [2.45, 2.75) is 13.5 Å². The molecule has 2 heterocycles. The number of pyridine rings is 1. The molecule has 0 saturated carbocycles. The maximum atomic E-state index is 12.3. The number of nitrogens with one attached hydrogen (secondary N) is 1. The molecule has 0 spiro atoms. The number of hydrogen-bond donors (Lipinski definition) is 1. The molecule has 1 N–H and O–H groups in total. The number of rotatable bonds is 6. The molecule has 3 aromatic rings. The fraction of sp³-hybridized carbons (Fsp3) is 0.222. The Labute approximate surface area is 134 Å². The van der Waals surface area contributed by atoms with Gasteiger partial charge < -0.3 is 10.1 Å². The van der Waals surface area contributed by atoms with Crippen LogP contribution in [0, 0.1) is 6.92 Å². The van der Waals surface area contributed by atoms with Gasteiger partial charge in [-0.25, -0.2) is 4.98 Å². The van der Waals surface area contributed by atoms with Crippen LogP contribution in [0.5, 0.6) is 0 Å². The van der Waals surface area contributed by atoms with E-state index >= 15 is 0 Å². The summed E-state index contributed by atoms with van der Waals surface area (Å²) in [7, 11) is 0. The Morgan fingerprint density at radius 3 is 2.78 bits per heavy atom. The lowest BCUT2D eigenvalue weighted by Gasteiger charge is -2.07. The molecule has 1 aromatic carbocycles. The van der Waals surface area contributed by atoms with Gasteiger partial charge in [0.2, 0.25) is 0 Å². The lowest BCUT2D eigenvalue weighted by Crippen LogP contribution is -2.28. The number of carbonyl (C=O) groups is 1. The van der Waals surface area contributed by atoms with Crippen LogP contribution in [0.4, 0.5) is 0 Å². The maximum Gasteiger partial charge on any atom is 0.270 e. The number of hydrogen-bond acceptors (Lipinski definition) is 3. The van der Waals surface area contributed by atoms with E-state index in [1.54, 1.807) is 4.40 Å². The Morgan fingerprint density at radius 1 is 1.17 bits per heavy atom. The van der Waals surface area contributed by atoms with Crippen LogP contribution < -0.4 is 5.32 Å². The second-order valence-corrected chi connectivity index (χ2v) is 5.27. The van der Waals surface area contributed by atoms with E-state index < -0.39 is 0 Å². The smallest absolute Gasteiger partial charge is 0.270 e. The molecule has 0 atom stereocenters. The zero-order valence-electron chi connectivity index (χ0n) is 13.0. The summed E-state index contributed by atoms with van der Waals surface area (Å²) in [5, 5.41) is 2.88. The average molecular weight is 309 g/mol. The molecule has 0 bridgehead atoms. The summed E-state index contributed by atoms with van der Waals surface area (Å²) in [5.74, 6) is -0.135. The van der Waals surface area contributed by atoms with Gasteiger partial charge in [0.25, 0.3) is 5.91 Å². The highest BCUT2D eigenvalue weighted by atomic mass is 16.5. The fourth-order valence-corrected chi connectivity index (χ4v) is 2.47. The van der Waals surface area contributed by atoms with Gasteiger partial charge in [-0.15, -0.1) is 0 Å². The summed E-state index contributed by atoms with van der Waals surface area (Å²) >= 11 is 0. The van der Waals surface area contributed by atoms with Gasteiger partial charge in [-0.3, -0.25) is 9.20 Å². The number of carbonyl (C=O) groups excluding carboxylic acids is 1. The van der Waals surface area contributed by atoms with E-state index in [4.69, 9.17) is 4.74 Å². The van der Waals surface area contributed by atoms with Crippen LogP contribution in [0.3, 0.4) is 0 Å². The Morgan fingerprint density at radius 2 is 1.96 bits per heavy atom. The molecular weight excluding hydrogens is 290 g/mol. The van der Waals surface area contributed by atoms with Crippen LogP contribution in [-0.2, 0) is 11.3 Å². The molecule has 0 aliphatic heterocycles. The van der Waals surface area contributed by atoms with Crippen molar-refractivity contribution in [3.8, 4) is 0 Å². The lowest BCUT2D eigenvalue weighted by atomic mass is 10.2. The number of imidazole rings is 1. The second-order valence-electron chi connectivity index (χ2n) is 5.27. The van der Waals surface area contributed by atoms with Crippen LogP contribution in [0.15, 0.2) is 54.7 Å². The van der Waals surface area contributed by atoms with E-state index in [-0.39, 0.29) is 5.91 Å². The van der Waals surface area contributed by atoms with E-state index in [1.165, 1.54) is 0 Å². The molecule has 0 aliphatic carbocycles. The minimum atomic E-state index is -0.135. The molecule has 23 heavy (non-hydrogen) atoms. The number of amides is 1. The number of aromatic nitrogens is 2. The van der Waals surface area contributed by atoms with E-state index in [0.29, 0.717) is 25.5 Å². The fourth-order valence-electron chi connectivity index (χ4n) is 2.47. The predicted octanol–water partition coefficient (Wildman–Crippen LogP) is 2.59. The van der Waals surface area contributed by atoms with Crippen molar-refractivity contribution in [2.75, 3.05) is 13.2 Å². The van der Waals surface area contributed by atoms with E-state index in [0.717, 1.165) is 16.9 Å². The predicted molar refractivity (Wildman–Crippen MR) is 88.4 cm³/mol. The van der Waals surface area contributed by atoms with Gasteiger partial charge in [-0.1, -0.05) is 36.4 Å². The van der Waals surface area contributed by atoms with Gasteiger partial charge in [0.1, 0.15) is 11.3 Å². The first kappa shape index (κ1) is 15.2. The highest BCUT2D eigenvalue weighted by Crippen LogP contribution is 2.11. The molecule has 0 unspecified atom stereocenters. The molecule has 5 heteroatoms. The van der Waals surface area contributed by atoms with Crippen molar-refractivity contribution in [2.24, 2.45) is 0 Å². The molecule has 1 amide bonds. The standard InChI is InChI=1S/C18H19N3O2/c1-14-17(21-11-6-5-9-16(21)20-14)18(22)19-10-12-23-13-15-7-3-2-4-8-15/h2-9,11H,10,12-13H2,1H3,(H,19,22). The monoisotopic (exact) mass is 309 g/mol. The van der Waals surface area contributed by atoms with Gasteiger partial charge >= 0.3 is 0 Å². The van der Waals surface area contributed by atoms with Crippen molar-refractivity contribution in [3.05, 3.63) is 71.7 Å². The number of fused-ring (bicyclic) bond motifs is 1. The maximum absolute atomic E-state index is 12.3. The molecule has 5 nitrogen and oxygen atoms in total.